The van der Waals surface area contributed by atoms with E-state index in [9.17, 15) is 13.4 Å². The number of ether oxygens (including phenoxy) is 1. The lowest BCUT2D eigenvalue weighted by Gasteiger charge is -2.10. The van der Waals surface area contributed by atoms with E-state index in [0.29, 0.717) is 5.56 Å². The van der Waals surface area contributed by atoms with Gasteiger partial charge in [0.2, 0.25) is 0 Å². The van der Waals surface area contributed by atoms with E-state index in [1.54, 1.807) is 13.0 Å². The summed E-state index contributed by atoms with van der Waals surface area (Å²) in [5.74, 6) is -0.753. The average molecular weight is 293 g/mol. The van der Waals surface area contributed by atoms with Crippen LogP contribution >= 0.6 is 11.6 Å². The Hall–Kier alpha value is -0.940. The van der Waals surface area contributed by atoms with E-state index in [4.69, 9.17) is 11.6 Å². The molecule has 0 N–H and O–H groups in total. The first kappa shape index (κ1) is 15.1. The maximum Gasteiger partial charge on any atom is 0.306 e. The summed E-state index contributed by atoms with van der Waals surface area (Å²) in [7, 11) is 0.0209. The lowest BCUT2D eigenvalue weighted by molar-refractivity contribution is -0.140. The van der Waals surface area contributed by atoms with Gasteiger partial charge in [0.15, 0.2) is 0 Å². The minimum absolute atomic E-state index is 0.0344. The molecule has 0 aliphatic rings. The molecule has 1 rings (SSSR count). The monoisotopic (exact) mass is 292 g/mol. The molecule has 0 amide bonds. The van der Waals surface area contributed by atoms with Crippen molar-refractivity contribution in [3.05, 3.63) is 34.6 Å². The van der Waals surface area contributed by atoms with E-state index < -0.39 is 22.6 Å². The number of hydrogen-bond acceptors (Lipinski definition) is 3. The van der Waals surface area contributed by atoms with Gasteiger partial charge in [-0.05, 0) is 17.7 Å². The van der Waals surface area contributed by atoms with Crippen LogP contribution in [0.15, 0.2) is 18.2 Å². The molecule has 0 aliphatic heterocycles. The van der Waals surface area contributed by atoms with Crippen molar-refractivity contribution in [2.24, 2.45) is 0 Å². The molecule has 0 radical (unpaired) electrons. The molecule has 1 aromatic carbocycles. The molecule has 0 saturated heterocycles. The first-order valence-electron chi connectivity index (χ1n) is 5.32. The summed E-state index contributed by atoms with van der Waals surface area (Å²) in [6.45, 7) is 1.69. The van der Waals surface area contributed by atoms with Crippen LogP contribution < -0.4 is 0 Å². The Bertz CT molecular complexity index is 465. The van der Waals surface area contributed by atoms with Crippen LogP contribution in [0, 0.1) is 5.82 Å². The van der Waals surface area contributed by atoms with Gasteiger partial charge in [-0.1, -0.05) is 24.6 Å². The summed E-state index contributed by atoms with van der Waals surface area (Å²) >= 11 is 5.56. The number of carbonyl (C=O) groups is 1. The normalized spacial score (nSPS) is 14.0. The minimum Gasteiger partial charge on any atom is -0.469 e. The van der Waals surface area contributed by atoms with Crippen molar-refractivity contribution in [3.63, 3.8) is 0 Å². The quantitative estimate of drug-likeness (QED) is 0.784. The van der Waals surface area contributed by atoms with Gasteiger partial charge in [-0.15, -0.1) is 0 Å². The predicted octanol–water partition coefficient (Wildman–Crippen LogP) is 2.68. The number of methoxy groups -OCH3 is 1. The fourth-order valence-corrected chi connectivity index (χ4v) is 2.58. The molecule has 0 bridgehead atoms. The maximum atomic E-state index is 13.2. The zero-order valence-corrected chi connectivity index (χ0v) is 11.7. The van der Waals surface area contributed by atoms with E-state index in [2.05, 4.69) is 4.74 Å². The zero-order chi connectivity index (χ0) is 13.7. The molecule has 2 atom stereocenters. The Morgan fingerprint density at radius 3 is 2.78 bits per heavy atom. The highest BCUT2D eigenvalue weighted by molar-refractivity contribution is 7.84. The first-order chi connectivity index (χ1) is 8.43. The molecule has 100 valence electrons. The highest BCUT2D eigenvalue weighted by Crippen LogP contribution is 2.18. The van der Waals surface area contributed by atoms with Gasteiger partial charge in [0, 0.05) is 21.8 Å². The van der Waals surface area contributed by atoms with E-state index in [1.807, 2.05) is 0 Å². The summed E-state index contributed by atoms with van der Waals surface area (Å²) in [6.07, 6.45) is 0.0825. The standard InChI is InChI=1S/C12H14ClFO3S/c1-8(5-12(15)17-2)18(16)7-9-3-4-10(13)11(14)6-9/h3-4,6,8H,5,7H2,1-2H3. The van der Waals surface area contributed by atoms with Crippen LogP contribution in [0.2, 0.25) is 5.02 Å². The van der Waals surface area contributed by atoms with Crippen molar-refractivity contribution < 1.29 is 18.1 Å². The number of halogens is 2. The Balaban J connectivity index is 2.63. The molecule has 1 aromatic rings. The van der Waals surface area contributed by atoms with Crippen molar-refractivity contribution in [2.45, 2.75) is 24.3 Å². The fraction of sp³-hybridized carbons (Fsp3) is 0.417. The summed E-state index contributed by atoms with van der Waals surface area (Å²) in [4.78, 5) is 11.0. The van der Waals surface area contributed by atoms with Crippen LogP contribution in [-0.2, 0) is 26.1 Å². The predicted molar refractivity (Wildman–Crippen MR) is 69.4 cm³/mol. The Morgan fingerprint density at radius 1 is 1.56 bits per heavy atom. The third kappa shape index (κ3) is 4.38. The van der Waals surface area contributed by atoms with Gasteiger partial charge in [0.1, 0.15) is 5.82 Å². The topological polar surface area (TPSA) is 43.4 Å². The van der Waals surface area contributed by atoms with Crippen LogP contribution in [-0.4, -0.2) is 22.5 Å². The van der Waals surface area contributed by atoms with E-state index >= 15 is 0 Å². The van der Waals surface area contributed by atoms with E-state index in [1.165, 1.54) is 19.2 Å². The van der Waals surface area contributed by atoms with Crippen molar-refractivity contribution in [3.8, 4) is 0 Å². The molecule has 0 spiro atoms. The maximum absolute atomic E-state index is 13.2. The molecule has 0 aromatic heterocycles. The number of esters is 1. The van der Waals surface area contributed by atoms with Gasteiger partial charge in [-0.3, -0.25) is 9.00 Å². The summed E-state index contributed by atoms with van der Waals surface area (Å²) in [5.41, 5.74) is 0.590. The van der Waals surface area contributed by atoms with Gasteiger partial charge in [-0.25, -0.2) is 4.39 Å². The van der Waals surface area contributed by atoms with Gasteiger partial charge in [0.25, 0.3) is 0 Å². The molecule has 0 aliphatic carbocycles. The highest BCUT2D eigenvalue weighted by Gasteiger charge is 2.16. The Kier molecular flexibility index (Phi) is 5.75. The van der Waals surface area contributed by atoms with Crippen molar-refractivity contribution in [1.82, 2.24) is 0 Å². The second kappa shape index (κ2) is 6.85. The van der Waals surface area contributed by atoms with Crippen LogP contribution in [0.3, 0.4) is 0 Å². The molecule has 0 heterocycles. The Labute approximate surface area is 113 Å². The third-order valence-corrected chi connectivity index (χ3v) is 4.41. The number of carbonyl (C=O) groups excluding carboxylic acids is 1. The molecule has 0 fully saturated rings. The fourth-order valence-electron chi connectivity index (χ4n) is 1.35. The van der Waals surface area contributed by atoms with Gasteiger partial charge >= 0.3 is 5.97 Å². The summed E-state index contributed by atoms with van der Waals surface area (Å²) in [6, 6.07) is 4.30. The summed E-state index contributed by atoms with van der Waals surface area (Å²) in [5, 5.41) is -0.302. The van der Waals surface area contributed by atoms with Crippen molar-refractivity contribution in [2.75, 3.05) is 7.11 Å². The Morgan fingerprint density at radius 2 is 2.22 bits per heavy atom. The van der Waals surface area contributed by atoms with Crippen molar-refractivity contribution in [1.29, 1.82) is 0 Å². The van der Waals surface area contributed by atoms with E-state index in [-0.39, 0.29) is 22.4 Å². The highest BCUT2D eigenvalue weighted by atomic mass is 35.5. The van der Waals surface area contributed by atoms with Crippen molar-refractivity contribution >= 4 is 28.4 Å². The smallest absolute Gasteiger partial charge is 0.306 e. The molecule has 18 heavy (non-hydrogen) atoms. The third-order valence-electron chi connectivity index (χ3n) is 2.42. The van der Waals surface area contributed by atoms with Gasteiger partial charge in [0.05, 0.1) is 18.6 Å². The van der Waals surface area contributed by atoms with Gasteiger partial charge in [-0.2, -0.15) is 0 Å². The zero-order valence-electron chi connectivity index (χ0n) is 10.1. The molecule has 2 unspecified atom stereocenters. The molecule has 6 heteroatoms. The summed E-state index contributed by atoms with van der Waals surface area (Å²) < 4.78 is 29.6. The number of benzene rings is 1. The lowest BCUT2D eigenvalue weighted by atomic mass is 10.2. The van der Waals surface area contributed by atoms with Crippen LogP contribution in [0.1, 0.15) is 18.9 Å². The van der Waals surface area contributed by atoms with Crippen LogP contribution in [0.25, 0.3) is 0 Å². The SMILES string of the molecule is COC(=O)CC(C)S(=O)Cc1ccc(Cl)c(F)c1. The second-order valence-electron chi connectivity index (χ2n) is 3.86. The number of rotatable bonds is 5. The minimum atomic E-state index is -1.26. The van der Waals surface area contributed by atoms with Crippen LogP contribution in [0.4, 0.5) is 4.39 Å². The number of hydrogen-bond donors (Lipinski definition) is 0. The van der Waals surface area contributed by atoms with Crippen LogP contribution in [0.5, 0.6) is 0 Å². The average Bonchev–Trinajstić information content (AvgIpc) is 2.33. The molecular formula is C12H14ClFO3S. The molecule has 0 saturated carbocycles. The van der Waals surface area contributed by atoms with E-state index in [0.717, 1.165) is 0 Å². The van der Waals surface area contributed by atoms with Gasteiger partial charge < -0.3 is 4.74 Å². The second-order valence-corrected chi connectivity index (χ2v) is 6.13. The largest absolute Gasteiger partial charge is 0.469 e. The lowest BCUT2D eigenvalue weighted by Crippen LogP contribution is -2.18. The molecular weight excluding hydrogens is 279 g/mol. The molecule has 3 nitrogen and oxygen atoms in total. The first-order valence-corrected chi connectivity index (χ1v) is 7.08.